The Hall–Kier alpha value is -2.54. The van der Waals surface area contributed by atoms with Crippen molar-refractivity contribution >= 4 is 11.8 Å². The summed E-state index contributed by atoms with van der Waals surface area (Å²) in [6.07, 6.45) is -0.436. The van der Waals surface area contributed by atoms with E-state index in [4.69, 9.17) is 9.84 Å². The van der Waals surface area contributed by atoms with E-state index in [1.807, 2.05) is 4.90 Å². The molecule has 7 heteroatoms. The molecule has 1 aliphatic rings. The zero-order valence-electron chi connectivity index (χ0n) is 12.1. The molecule has 0 amide bonds. The Kier molecular flexibility index (Phi) is 4.20. The maximum absolute atomic E-state index is 13.4. The highest BCUT2D eigenvalue weighted by Crippen LogP contribution is 2.26. The third-order valence-corrected chi connectivity index (χ3v) is 3.66. The van der Waals surface area contributed by atoms with Crippen molar-refractivity contribution in [2.24, 2.45) is 0 Å². The maximum atomic E-state index is 13.4. The topological polar surface area (TPSA) is 62.7 Å². The molecule has 0 bridgehead atoms. The molecular formula is C16H14F2N2O3. The van der Waals surface area contributed by atoms with Gasteiger partial charge in [0.25, 0.3) is 0 Å². The summed E-state index contributed by atoms with van der Waals surface area (Å²) in [5.41, 5.74) is 0.487. The van der Waals surface area contributed by atoms with Gasteiger partial charge in [0.1, 0.15) is 11.9 Å². The van der Waals surface area contributed by atoms with Gasteiger partial charge in [-0.2, -0.15) is 0 Å². The molecule has 3 rings (SSSR count). The molecule has 0 radical (unpaired) electrons. The Labute approximate surface area is 131 Å². The van der Waals surface area contributed by atoms with Gasteiger partial charge in [0.15, 0.2) is 17.3 Å². The van der Waals surface area contributed by atoms with E-state index < -0.39 is 23.7 Å². The van der Waals surface area contributed by atoms with Crippen molar-refractivity contribution in [3.63, 3.8) is 0 Å². The van der Waals surface area contributed by atoms with Crippen LogP contribution >= 0.6 is 0 Å². The molecule has 2 heterocycles. The molecule has 0 aliphatic carbocycles. The molecule has 0 spiro atoms. The third-order valence-electron chi connectivity index (χ3n) is 3.66. The summed E-state index contributed by atoms with van der Waals surface area (Å²) in [5, 5.41) is 9.01. The average Bonchev–Trinajstić information content (AvgIpc) is 2.57. The summed E-state index contributed by atoms with van der Waals surface area (Å²) in [4.78, 5) is 17.0. The second-order valence-electron chi connectivity index (χ2n) is 5.17. The van der Waals surface area contributed by atoms with Gasteiger partial charge in [-0.1, -0.05) is 12.1 Å². The smallest absolute Gasteiger partial charge is 0.354 e. The summed E-state index contributed by atoms with van der Waals surface area (Å²) in [6, 6.07) is 8.40. The van der Waals surface area contributed by atoms with Gasteiger partial charge < -0.3 is 14.7 Å². The molecule has 1 aliphatic heterocycles. The van der Waals surface area contributed by atoms with Crippen molar-refractivity contribution in [2.45, 2.75) is 6.10 Å². The van der Waals surface area contributed by atoms with Gasteiger partial charge in [0.2, 0.25) is 0 Å². The van der Waals surface area contributed by atoms with E-state index in [1.165, 1.54) is 12.1 Å². The molecule has 1 N–H and O–H groups in total. The van der Waals surface area contributed by atoms with Crippen LogP contribution < -0.4 is 4.90 Å². The summed E-state index contributed by atoms with van der Waals surface area (Å²) in [5.74, 6) is -2.41. The first-order chi connectivity index (χ1) is 11.0. The van der Waals surface area contributed by atoms with Crippen LogP contribution in [0, 0.1) is 11.6 Å². The summed E-state index contributed by atoms with van der Waals surface area (Å²) in [7, 11) is 0. The minimum absolute atomic E-state index is 0.0432. The predicted octanol–water partition coefficient (Wildman–Crippen LogP) is 2.64. The average molecular weight is 320 g/mol. The van der Waals surface area contributed by atoms with Crippen molar-refractivity contribution in [1.29, 1.82) is 0 Å². The molecule has 2 aromatic rings. The highest BCUT2D eigenvalue weighted by atomic mass is 19.2. The van der Waals surface area contributed by atoms with Crippen LogP contribution in [-0.4, -0.2) is 35.8 Å². The number of ether oxygens (including phenoxy) is 1. The van der Waals surface area contributed by atoms with Crippen molar-refractivity contribution in [3.05, 3.63) is 59.3 Å². The second kappa shape index (κ2) is 6.29. The number of carboxylic acids is 1. The van der Waals surface area contributed by atoms with Crippen molar-refractivity contribution in [1.82, 2.24) is 4.98 Å². The number of anilines is 1. The molecule has 1 aromatic heterocycles. The number of hydrogen-bond donors (Lipinski definition) is 1. The zero-order chi connectivity index (χ0) is 16.4. The number of pyridine rings is 1. The molecule has 1 aromatic carbocycles. The molecule has 1 atom stereocenters. The monoisotopic (exact) mass is 320 g/mol. The van der Waals surface area contributed by atoms with Gasteiger partial charge in [-0.25, -0.2) is 18.6 Å². The fraction of sp³-hybridized carbons (Fsp3) is 0.250. The van der Waals surface area contributed by atoms with E-state index in [-0.39, 0.29) is 5.69 Å². The number of halogens is 2. The van der Waals surface area contributed by atoms with Crippen LogP contribution in [0.2, 0.25) is 0 Å². The number of benzene rings is 1. The lowest BCUT2D eigenvalue weighted by molar-refractivity contribution is 0.0392. The fourth-order valence-corrected chi connectivity index (χ4v) is 2.49. The number of aromatic carboxylic acids is 1. The predicted molar refractivity (Wildman–Crippen MR) is 78.5 cm³/mol. The highest BCUT2D eigenvalue weighted by Gasteiger charge is 2.24. The molecule has 120 valence electrons. The van der Waals surface area contributed by atoms with Gasteiger partial charge in [-0.05, 0) is 29.8 Å². The molecule has 23 heavy (non-hydrogen) atoms. The van der Waals surface area contributed by atoms with E-state index in [1.54, 1.807) is 12.1 Å². The Morgan fingerprint density at radius 3 is 2.83 bits per heavy atom. The van der Waals surface area contributed by atoms with Crippen LogP contribution in [0.25, 0.3) is 0 Å². The molecule has 1 fully saturated rings. The largest absolute Gasteiger partial charge is 0.477 e. The SMILES string of the molecule is O=C(O)c1cccc(N2CCOC(c3ccc(F)c(F)c3)C2)n1. The van der Waals surface area contributed by atoms with Crippen LogP contribution in [0.1, 0.15) is 22.2 Å². The molecular weight excluding hydrogens is 306 g/mol. The molecule has 5 nitrogen and oxygen atoms in total. The number of carbonyl (C=O) groups is 1. The van der Waals surface area contributed by atoms with E-state index >= 15 is 0 Å². The van der Waals surface area contributed by atoms with Crippen molar-refractivity contribution in [3.8, 4) is 0 Å². The first-order valence-corrected chi connectivity index (χ1v) is 7.06. The van der Waals surface area contributed by atoms with Gasteiger partial charge >= 0.3 is 5.97 Å². The lowest BCUT2D eigenvalue weighted by Crippen LogP contribution is -2.39. The zero-order valence-corrected chi connectivity index (χ0v) is 12.1. The van der Waals surface area contributed by atoms with Crippen LogP contribution in [0.3, 0.4) is 0 Å². The number of rotatable bonds is 3. The summed E-state index contributed by atoms with van der Waals surface area (Å²) >= 11 is 0. The van der Waals surface area contributed by atoms with E-state index in [0.29, 0.717) is 31.1 Å². The normalized spacial score (nSPS) is 18.0. The van der Waals surface area contributed by atoms with Gasteiger partial charge in [0.05, 0.1) is 6.61 Å². The lowest BCUT2D eigenvalue weighted by Gasteiger charge is -2.34. The quantitative estimate of drug-likeness (QED) is 0.942. The highest BCUT2D eigenvalue weighted by molar-refractivity contribution is 5.85. The standard InChI is InChI=1S/C16H14F2N2O3/c17-11-5-4-10(8-12(11)18)14-9-20(6-7-23-14)15-3-1-2-13(19-15)16(21)22/h1-5,8,14H,6-7,9H2,(H,21,22). The number of morpholine rings is 1. The Balaban J connectivity index is 1.81. The van der Waals surface area contributed by atoms with Crippen LogP contribution in [0.5, 0.6) is 0 Å². The minimum Gasteiger partial charge on any atom is -0.477 e. The van der Waals surface area contributed by atoms with Crippen molar-refractivity contribution < 1.29 is 23.4 Å². The number of carboxylic acid groups (broad SMARTS) is 1. The van der Waals surface area contributed by atoms with Gasteiger partial charge in [0, 0.05) is 13.1 Å². The molecule has 0 saturated carbocycles. The third kappa shape index (κ3) is 3.29. The second-order valence-corrected chi connectivity index (χ2v) is 5.17. The van der Waals surface area contributed by atoms with Crippen LogP contribution in [0.15, 0.2) is 36.4 Å². The van der Waals surface area contributed by atoms with E-state index in [2.05, 4.69) is 4.98 Å². The van der Waals surface area contributed by atoms with Crippen LogP contribution in [0.4, 0.5) is 14.6 Å². The number of aromatic nitrogens is 1. The summed E-state index contributed by atoms with van der Waals surface area (Å²) < 4.78 is 32.0. The Bertz CT molecular complexity index is 739. The number of nitrogens with zero attached hydrogens (tertiary/aromatic N) is 2. The van der Waals surface area contributed by atoms with E-state index in [0.717, 1.165) is 12.1 Å². The van der Waals surface area contributed by atoms with Crippen LogP contribution in [-0.2, 0) is 4.74 Å². The lowest BCUT2D eigenvalue weighted by atomic mass is 10.1. The maximum Gasteiger partial charge on any atom is 0.354 e. The van der Waals surface area contributed by atoms with E-state index in [9.17, 15) is 13.6 Å². The molecule has 1 saturated heterocycles. The number of hydrogen-bond acceptors (Lipinski definition) is 4. The Morgan fingerprint density at radius 1 is 1.26 bits per heavy atom. The first kappa shape index (κ1) is 15.4. The van der Waals surface area contributed by atoms with Gasteiger partial charge in [-0.3, -0.25) is 0 Å². The summed E-state index contributed by atoms with van der Waals surface area (Å²) in [6.45, 7) is 1.29. The minimum atomic E-state index is -1.10. The van der Waals surface area contributed by atoms with Crippen molar-refractivity contribution in [2.75, 3.05) is 24.6 Å². The fourth-order valence-electron chi connectivity index (χ4n) is 2.49. The molecule has 1 unspecified atom stereocenters. The van der Waals surface area contributed by atoms with Gasteiger partial charge in [-0.15, -0.1) is 0 Å². The first-order valence-electron chi connectivity index (χ1n) is 7.06. The Morgan fingerprint density at radius 2 is 2.09 bits per heavy atom.